The number of cyclic esters (lactones) is 1. The van der Waals surface area contributed by atoms with Crippen molar-refractivity contribution in [3.05, 3.63) is 155 Å². The highest BCUT2D eigenvalue weighted by molar-refractivity contribution is 6.12. The van der Waals surface area contributed by atoms with Crippen LogP contribution in [0.25, 0.3) is 11.1 Å². The number of amides is 2. The fourth-order valence-corrected chi connectivity index (χ4v) is 7.68. The highest BCUT2D eigenvalue weighted by atomic mass is 16.7. The molecule has 2 aliphatic heterocycles. The van der Waals surface area contributed by atoms with Gasteiger partial charge in [0.2, 0.25) is 11.7 Å². The van der Waals surface area contributed by atoms with Crippen LogP contribution >= 0.6 is 0 Å². The van der Waals surface area contributed by atoms with E-state index >= 15 is 0 Å². The van der Waals surface area contributed by atoms with E-state index in [1.807, 2.05) is 122 Å². The Balaban J connectivity index is 1.09. The minimum atomic E-state index is -1.22. The molecule has 0 aliphatic carbocycles. The highest BCUT2D eigenvalue weighted by Gasteiger charge is 2.48. The highest BCUT2D eigenvalue weighted by Crippen LogP contribution is 2.34. The number of ketones is 1. The van der Waals surface area contributed by atoms with Gasteiger partial charge < -0.3 is 37.9 Å². The third-order valence-electron chi connectivity index (χ3n) is 10.9. The quantitative estimate of drug-likeness (QED) is 0.0530. The maximum absolute atomic E-state index is 14.0. The number of benzene rings is 4. The molecule has 7 rings (SSSR count). The van der Waals surface area contributed by atoms with Crippen molar-refractivity contribution < 1.29 is 52.3 Å². The minimum absolute atomic E-state index is 0.00136. The van der Waals surface area contributed by atoms with Gasteiger partial charge in [-0.2, -0.15) is 0 Å². The first-order valence-electron chi connectivity index (χ1n) is 20.3. The van der Waals surface area contributed by atoms with Crippen molar-refractivity contribution >= 4 is 17.8 Å². The molecule has 2 fully saturated rings. The molecule has 60 heavy (non-hydrogen) atoms. The zero-order chi connectivity index (χ0) is 42.0. The molecule has 0 spiro atoms. The summed E-state index contributed by atoms with van der Waals surface area (Å²) in [6, 6.07) is 37.5. The Kier molecular flexibility index (Phi) is 14.4. The Bertz CT molecular complexity index is 2180. The van der Waals surface area contributed by atoms with Crippen LogP contribution in [0.2, 0.25) is 0 Å². The Labute approximate surface area is 349 Å². The first-order valence-corrected chi connectivity index (χ1v) is 20.3. The summed E-state index contributed by atoms with van der Waals surface area (Å²) < 4.78 is 43.1. The van der Waals surface area contributed by atoms with Gasteiger partial charge in [0.15, 0.2) is 12.1 Å². The van der Waals surface area contributed by atoms with Crippen molar-refractivity contribution in [2.45, 2.75) is 76.7 Å². The lowest BCUT2D eigenvalue weighted by Gasteiger charge is -2.45. The molecule has 12 nitrogen and oxygen atoms in total. The van der Waals surface area contributed by atoms with Crippen LogP contribution in [0.1, 0.15) is 58.0 Å². The van der Waals surface area contributed by atoms with E-state index in [0.29, 0.717) is 24.2 Å². The molecule has 1 N–H and O–H groups in total. The number of aryl methyl sites for hydroxylation is 2. The van der Waals surface area contributed by atoms with E-state index in [1.54, 1.807) is 6.07 Å². The molecule has 314 valence electrons. The Hall–Kier alpha value is -5.47. The van der Waals surface area contributed by atoms with Crippen molar-refractivity contribution in [1.29, 1.82) is 0 Å². The number of nitrogens with zero attached hydrogens (tertiary/aromatic N) is 1. The lowest BCUT2D eigenvalue weighted by molar-refractivity contribution is -0.319. The van der Waals surface area contributed by atoms with E-state index in [-0.39, 0.29) is 38.8 Å². The molecule has 7 unspecified atom stereocenters. The van der Waals surface area contributed by atoms with Crippen molar-refractivity contribution in [2.75, 3.05) is 26.9 Å². The van der Waals surface area contributed by atoms with Gasteiger partial charge in [-0.15, -0.1) is 0 Å². The number of methoxy groups -OCH3 is 1. The van der Waals surface area contributed by atoms with E-state index in [4.69, 9.17) is 32.8 Å². The van der Waals surface area contributed by atoms with Gasteiger partial charge >= 0.3 is 6.09 Å². The van der Waals surface area contributed by atoms with Crippen molar-refractivity contribution in [3.63, 3.8) is 0 Å². The number of hydrogen-bond donors (Lipinski definition) is 1. The third kappa shape index (κ3) is 9.93. The van der Waals surface area contributed by atoms with Gasteiger partial charge in [-0.3, -0.25) is 9.59 Å². The summed E-state index contributed by atoms with van der Waals surface area (Å²) in [6.45, 7) is 3.89. The maximum Gasteiger partial charge on any atom is 0.417 e. The van der Waals surface area contributed by atoms with Crippen LogP contribution in [0.4, 0.5) is 4.79 Å². The number of aliphatic hydroxyl groups is 1. The van der Waals surface area contributed by atoms with Gasteiger partial charge in [-0.1, -0.05) is 121 Å². The van der Waals surface area contributed by atoms with Crippen LogP contribution in [0.3, 0.4) is 0 Å². The summed E-state index contributed by atoms with van der Waals surface area (Å²) >= 11 is 0. The van der Waals surface area contributed by atoms with E-state index in [1.165, 1.54) is 14.0 Å². The van der Waals surface area contributed by atoms with Gasteiger partial charge in [-0.05, 0) is 48.6 Å². The SMILES string of the molecule is COC1OC(CO)C(OCc2ccccc2)C(OCc2ccccc2)C1OCCCc1oc(C(=O)C(C)C(=O)N2C(=O)OCC2c2ccccc2)cc1-c1cccc(C)c1. The molecular formula is C48H51NO11. The average Bonchev–Trinajstić information content (AvgIpc) is 3.90. The van der Waals surface area contributed by atoms with Crippen molar-refractivity contribution in [1.82, 2.24) is 4.90 Å². The van der Waals surface area contributed by atoms with Gasteiger partial charge in [0.25, 0.3) is 0 Å². The number of furan rings is 1. The van der Waals surface area contributed by atoms with E-state index < -0.39 is 60.4 Å². The first kappa shape index (κ1) is 42.6. The molecule has 12 heteroatoms. The summed E-state index contributed by atoms with van der Waals surface area (Å²) in [5.41, 5.74) is 5.23. The van der Waals surface area contributed by atoms with Crippen LogP contribution in [0.15, 0.2) is 126 Å². The van der Waals surface area contributed by atoms with Gasteiger partial charge in [0, 0.05) is 25.7 Å². The number of hydrogen-bond acceptors (Lipinski definition) is 11. The van der Waals surface area contributed by atoms with Crippen molar-refractivity contribution in [2.24, 2.45) is 5.92 Å². The number of carbonyl (C=O) groups is 3. The summed E-state index contributed by atoms with van der Waals surface area (Å²) in [6.07, 6.45) is -3.69. The van der Waals surface area contributed by atoms with E-state index in [9.17, 15) is 19.5 Å². The normalized spacial score (nSPS) is 22.1. The predicted molar refractivity (Wildman–Crippen MR) is 221 cm³/mol. The van der Waals surface area contributed by atoms with Gasteiger partial charge in [-0.25, -0.2) is 9.69 Å². The predicted octanol–water partition coefficient (Wildman–Crippen LogP) is 7.65. The first-order chi connectivity index (χ1) is 29.2. The topological polar surface area (TPSA) is 143 Å². The second-order valence-electron chi connectivity index (χ2n) is 15.0. The molecule has 7 atom stereocenters. The second kappa shape index (κ2) is 20.2. The molecule has 0 radical (unpaired) electrons. The monoisotopic (exact) mass is 817 g/mol. The number of ether oxygens (including phenoxy) is 6. The van der Waals surface area contributed by atoms with Crippen LogP contribution in [0, 0.1) is 12.8 Å². The standard InChI is InChI=1S/C48H51NO11/c1-31-15-13-22-36(25-31)37-26-40(42(51)32(2)46(52)49-38(30-58-48(49)53)35-20-11-6-12-21-35)59-39(37)23-14-24-55-45-44(57-29-34-18-9-5-10-19-34)43(41(27-50)60-47(45)54-3)56-28-33-16-7-4-8-17-33/h4-13,15-22,25-26,32,38,41,43-45,47,50H,14,23-24,27-30H2,1-3H3. The Morgan fingerprint density at radius 1 is 0.817 bits per heavy atom. The molecule has 5 aromatic rings. The van der Waals surface area contributed by atoms with Crippen molar-refractivity contribution in [3.8, 4) is 11.1 Å². The Morgan fingerprint density at radius 2 is 1.47 bits per heavy atom. The zero-order valence-electron chi connectivity index (χ0n) is 34.0. The zero-order valence-corrected chi connectivity index (χ0v) is 34.0. The summed E-state index contributed by atoms with van der Waals surface area (Å²) in [7, 11) is 1.52. The molecule has 0 saturated carbocycles. The summed E-state index contributed by atoms with van der Waals surface area (Å²) in [5.74, 6) is -1.89. The second-order valence-corrected chi connectivity index (χ2v) is 15.0. The molecular weight excluding hydrogens is 767 g/mol. The van der Waals surface area contributed by atoms with Crippen LogP contribution in [-0.4, -0.2) is 85.4 Å². The summed E-state index contributed by atoms with van der Waals surface area (Å²) in [4.78, 5) is 41.6. The lowest BCUT2D eigenvalue weighted by Crippen LogP contribution is -2.61. The summed E-state index contributed by atoms with van der Waals surface area (Å²) in [5, 5.41) is 10.4. The molecule has 1 aromatic heterocycles. The molecule has 2 aliphatic rings. The maximum atomic E-state index is 14.0. The number of imide groups is 1. The van der Waals surface area contributed by atoms with Gasteiger partial charge in [0.1, 0.15) is 48.7 Å². The fraction of sp³-hybridized carbons (Fsp3) is 0.354. The smallest absolute Gasteiger partial charge is 0.417 e. The lowest BCUT2D eigenvalue weighted by atomic mass is 9.97. The molecule has 3 heterocycles. The van der Waals surface area contributed by atoms with E-state index in [0.717, 1.165) is 32.7 Å². The molecule has 4 aromatic carbocycles. The van der Waals surface area contributed by atoms with Crippen LogP contribution in [-0.2, 0) is 52.9 Å². The van der Waals surface area contributed by atoms with Crippen LogP contribution in [0.5, 0.6) is 0 Å². The van der Waals surface area contributed by atoms with E-state index in [2.05, 4.69) is 0 Å². The average molecular weight is 818 g/mol. The number of carbonyl (C=O) groups excluding carboxylic acids is 3. The fourth-order valence-electron chi connectivity index (χ4n) is 7.68. The molecule has 2 amide bonds. The number of rotatable bonds is 18. The molecule has 2 saturated heterocycles. The number of Topliss-reactive ketones (excluding diaryl/α,β-unsaturated/α-hetero) is 1. The molecule has 0 bridgehead atoms. The van der Waals surface area contributed by atoms with Gasteiger partial charge in [0.05, 0.1) is 19.8 Å². The largest absolute Gasteiger partial charge is 0.457 e. The Morgan fingerprint density at radius 3 is 2.10 bits per heavy atom. The minimum Gasteiger partial charge on any atom is -0.457 e. The number of aliphatic hydroxyl groups excluding tert-OH is 1. The third-order valence-corrected chi connectivity index (χ3v) is 10.9. The van der Waals surface area contributed by atoms with Crippen LogP contribution < -0.4 is 0 Å².